The van der Waals surface area contributed by atoms with Crippen LogP contribution in [0.3, 0.4) is 0 Å². The molecule has 5 heteroatoms. The molecule has 1 saturated heterocycles. The average molecular weight is 275 g/mol. The molecule has 20 heavy (non-hydrogen) atoms. The summed E-state index contributed by atoms with van der Waals surface area (Å²) in [6.07, 6.45) is 1.56. The molecule has 1 aromatic carbocycles. The zero-order valence-corrected chi connectivity index (χ0v) is 11.1. The van der Waals surface area contributed by atoms with E-state index in [1.54, 1.807) is 4.90 Å². The van der Waals surface area contributed by atoms with Crippen molar-refractivity contribution < 1.29 is 19.4 Å². The van der Waals surface area contributed by atoms with Gasteiger partial charge in [-0.25, -0.2) is 4.79 Å². The Balaban J connectivity index is 1.74. The number of carbonyl (C=O) groups is 2. The number of benzene rings is 1. The standard InChI is InChI=1S/C15H17NO4/c17-14-8-5-10-3-1-2-4-12(10)16(14)9-11-6-7-13(20-11)15(18)19/h1-4,11,13H,5-9H2,(H,18,19). The number of ether oxygens (including phenoxy) is 1. The zero-order chi connectivity index (χ0) is 14.1. The molecule has 3 rings (SSSR count). The molecule has 0 radical (unpaired) electrons. The molecule has 1 aromatic rings. The van der Waals surface area contributed by atoms with E-state index in [-0.39, 0.29) is 12.0 Å². The first kappa shape index (κ1) is 13.1. The molecule has 0 bridgehead atoms. The number of fused-ring (bicyclic) bond motifs is 1. The quantitative estimate of drug-likeness (QED) is 0.909. The fraction of sp³-hybridized carbons (Fsp3) is 0.467. The van der Waals surface area contributed by atoms with Crippen LogP contribution in [-0.2, 0) is 20.7 Å². The van der Waals surface area contributed by atoms with E-state index in [4.69, 9.17) is 9.84 Å². The molecule has 2 aliphatic heterocycles. The number of aliphatic carboxylic acids is 1. The average Bonchev–Trinajstić information content (AvgIpc) is 2.91. The summed E-state index contributed by atoms with van der Waals surface area (Å²) < 4.78 is 5.50. The van der Waals surface area contributed by atoms with Gasteiger partial charge in [0.1, 0.15) is 0 Å². The van der Waals surface area contributed by atoms with Gasteiger partial charge in [0.2, 0.25) is 5.91 Å². The Morgan fingerprint density at radius 1 is 1.30 bits per heavy atom. The van der Waals surface area contributed by atoms with Gasteiger partial charge in [-0.2, -0.15) is 0 Å². The van der Waals surface area contributed by atoms with Crippen molar-refractivity contribution in [3.8, 4) is 0 Å². The Hall–Kier alpha value is -1.88. The van der Waals surface area contributed by atoms with Gasteiger partial charge in [0.05, 0.1) is 12.6 Å². The first-order valence-corrected chi connectivity index (χ1v) is 6.91. The molecule has 2 heterocycles. The van der Waals surface area contributed by atoms with Gasteiger partial charge in [-0.05, 0) is 30.9 Å². The number of hydrogen-bond donors (Lipinski definition) is 1. The number of para-hydroxylation sites is 1. The minimum Gasteiger partial charge on any atom is -0.479 e. The third-order valence-corrected chi connectivity index (χ3v) is 3.96. The number of carboxylic acids is 1. The first-order chi connectivity index (χ1) is 9.65. The van der Waals surface area contributed by atoms with Crippen molar-refractivity contribution in [1.29, 1.82) is 0 Å². The molecule has 2 unspecified atom stereocenters. The molecule has 0 aromatic heterocycles. The summed E-state index contributed by atoms with van der Waals surface area (Å²) in [7, 11) is 0. The number of aryl methyl sites for hydroxylation is 1. The van der Waals surface area contributed by atoms with Crippen molar-refractivity contribution in [3.63, 3.8) is 0 Å². The summed E-state index contributed by atoms with van der Waals surface area (Å²) in [4.78, 5) is 24.8. The Morgan fingerprint density at radius 3 is 2.85 bits per heavy atom. The summed E-state index contributed by atoms with van der Waals surface area (Å²) >= 11 is 0. The van der Waals surface area contributed by atoms with E-state index in [2.05, 4.69) is 0 Å². The second-order valence-electron chi connectivity index (χ2n) is 5.30. The minimum atomic E-state index is -0.919. The van der Waals surface area contributed by atoms with Gasteiger partial charge in [-0.1, -0.05) is 18.2 Å². The second kappa shape index (κ2) is 5.25. The van der Waals surface area contributed by atoms with E-state index in [0.29, 0.717) is 25.8 Å². The minimum absolute atomic E-state index is 0.0890. The van der Waals surface area contributed by atoms with Crippen molar-refractivity contribution >= 4 is 17.6 Å². The number of carboxylic acid groups (broad SMARTS) is 1. The Kier molecular flexibility index (Phi) is 3.44. The highest BCUT2D eigenvalue weighted by atomic mass is 16.5. The number of anilines is 1. The Labute approximate surface area is 117 Å². The molecular weight excluding hydrogens is 258 g/mol. The van der Waals surface area contributed by atoms with Crippen LogP contribution in [0.1, 0.15) is 24.8 Å². The van der Waals surface area contributed by atoms with E-state index in [9.17, 15) is 9.59 Å². The predicted octanol–water partition coefficient (Wildman–Crippen LogP) is 1.60. The third-order valence-electron chi connectivity index (χ3n) is 3.96. The Morgan fingerprint density at radius 2 is 2.10 bits per heavy atom. The maximum Gasteiger partial charge on any atom is 0.332 e. The lowest BCUT2D eigenvalue weighted by atomic mass is 10.0. The SMILES string of the molecule is O=C(O)C1CCC(CN2C(=O)CCc3ccccc32)O1. The van der Waals surface area contributed by atoms with E-state index in [1.807, 2.05) is 24.3 Å². The van der Waals surface area contributed by atoms with Crippen molar-refractivity contribution in [1.82, 2.24) is 0 Å². The zero-order valence-electron chi connectivity index (χ0n) is 11.1. The molecule has 1 fully saturated rings. The summed E-state index contributed by atoms with van der Waals surface area (Å²) in [5, 5.41) is 8.94. The number of hydrogen-bond acceptors (Lipinski definition) is 3. The number of rotatable bonds is 3. The van der Waals surface area contributed by atoms with Crippen molar-refractivity contribution in [3.05, 3.63) is 29.8 Å². The highest BCUT2D eigenvalue weighted by molar-refractivity contribution is 5.96. The van der Waals surface area contributed by atoms with Gasteiger partial charge in [-0.15, -0.1) is 0 Å². The lowest BCUT2D eigenvalue weighted by molar-refractivity contribution is -0.149. The van der Waals surface area contributed by atoms with Crippen molar-refractivity contribution in [2.75, 3.05) is 11.4 Å². The lowest BCUT2D eigenvalue weighted by Crippen LogP contribution is -2.40. The normalized spacial score (nSPS) is 25.6. The van der Waals surface area contributed by atoms with Crippen LogP contribution in [0, 0.1) is 0 Å². The number of nitrogens with zero attached hydrogens (tertiary/aromatic N) is 1. The molecule has 1 N–H and O–H groups in total. The van der Waals surface area contributed by atoms with Gasteiger partial charge < -0.3 is 14.7 Å². The summed E-state index contributed by atoms with van der Waals surface area (Å²) in [6.45, 7) is 0.444. The van der Waals surface area contributed by atoms with Crippen LogP contribution in [0.2, 0.25) is 0 Å². The summed E-state index contributed by atoms with van der Waals surface area (Å²) in [5.74, 6) is -0.830. The maximum absolute atomic E-state index is 12.1. The molecule has 0 aliphatic carbocycles. The predicted molar refractivity (Wildman–Crippen MR) is 72.6 cm³/mol. The largest absolute Gasteiger partial charge is 0.479 e. The van der Waals surface area contributed by atoms with Crippen LogP contribution in [0.4, 0.5) is 5.69 Å². The van der Waals surface area contributed by atoms with Gasteiger partial charge in [0, 0.05) is 12.1 Å². The number of carbonyl (C=O) groups excluding carboxylic acids is 1. The summed E-state index contributed by atoms with van der Waals surface area (Å²) in [6, 6.07) is 7.86. The first-order valence-electron chi connectivity index (χ1n) is 6.91. The van der Waals surface area contributed by atoms with Crippen LogP contribution < -0.4 is 4.90 Å². The van der Waals surface area contributed by atoms with E-state index in [1.165, 1.54) is 5.56 Å². The van der Waals surface area contributed by atoms with Gasteiger partial charge in [0.25, 0.3) is 0 Å². The van der Waals surface area contributed by atoms with Crippen LogP contribution in [0.25, 0.3) is 0 Å². The van der Waals surface area contributed by atoms with Crippen molar-refractivity contribution in [2.45, 2.75) is 37.9 Å². The summed E-state index contributed by atoms with van der Waals surface area (Å²) in [5.41, 5.74) is 2.10. The third kappa shape index (κ3) is 2.41. The highest BCUT2D eigenvalue weighted by Crippen LogP contribution is 2.30. The molecule has 5 nitrogen and oxygen atoms in total. The number of amides is 1. The monoisotopic (exact) mass is 275 g/mol. The topological polar surface area (TPSA) is 66.8 Å². The fourth-order valence-electron chi connectivity index (χ4n) is 2.92. The Bertz CT molecular complexity index is 542. The molecular formula is C15H17NO4. The second-order valence-corrected chi connectivity index (χ2v) is 5.30. The van der Waals surface area contributed by atoms with Crippen LogP contribution >= 0.6 is 0 Å². The molecule has 2 aliphatic rings. The van der Waals surface area contributed by atoms with Gasteiger partial charge >= 0.3 is 5.97 Å². The van der Waals surface area contributed by atoms with Crippen LogP contribution in [0.15, 0.2) is 24.3 Å². The smallest absolute Gasteiger partial charge is 0.332 e. The lowest BCUT2D eigenvalue weighted by Gasteiger charge is -2.31. The molecule has 0 spiro atoms. The van der Waals surface area contributed by atoms with Gasteiger partial charge in [0.15, 0.2) is 6.10 Å². The van der Waals surface area contributed by atoms with Crippen molar-refractivity contribution in [2.24, 2.45) is 0 Å². The maximum atomic E-state index is 12.1. The molecule has 106 valence electrons. The van der Waals surface area contributed by atoms with Crippen LogP contribution in [-0.4, -0.2) is 35.7 Å². The van der Waals surface area contributed by atoms with Gasteiger partial charge in [-0.3, -0.25) is 4.79 Å². The van der Waals surface area contributed by atoms with E-state index in [0.717, 1.165) is 12.1 Å². The highest BCUT2D eigenvalue weighted by Gasteiger charge is 2.34. The van der Waals surface area contributed by atoms with Crippen LogP contribution in [0.5, 0.6) is 0 Å². The fourth-order valence-corrected chi connectivity index (χ4v) is 2.92. The van der Waals surface area contributed by atoms with E-state index < -0.39 is 12.1 Å². The molecule has 1 amide bonds. The molecule has 0 saturated carbocycles. The molecule has 2 atom stereocenters. The van der Waals surface area contributed by atoms with E-state index >= 15 is 0 Å².